The third kappa shape index (κ3) is 3.25. The van der Waals surface area contributed by atoms with Crippen LogP contribution in [0.25, 0.3) is 16.9 Å². The average Bonchev–Trinajstić information content (AvgIpc) is 2.98. The van der Waals surface area contributed by atoms with Crippen molar-refractivity contribution in [1.29, 1.82) is 0 Å². The highest BCUT2D eigenvalue weighted by molar-refractivity contribution is 5.96. The van der Waals surface area contributed by atoms with Crippen LogP contribution in [0.5, 0.6) is 0 Å². The summed E-state index contributed by atoms with van der Waals surface area (Å²) in [6.45, 7) is 6.05. The van der Waals surface area contributed by atoms with Crippen molar-refractivity contribution in [2.24, 2.45) is 0 Å². The van der Waals surface area contributed by atoms with Crippen molar-refractivity contribution in [2.75, 3.05) is 0 Å². The minimum Gasteiger partial charge on any atom is -0.478 e. The number of nitrogens with zero attached hydrogens (tertiary/aromatic N) is 2. The monoisotopic (exact) mass is 352 g/mol. The molecule has 1 aromatic heterocycles. The molecule has 0 aliphatic rings. The normalized spacial score (nSPS) is 10.9. The molecule has 2 aromatic carbocycles. The highest BCUT2D eigenvalue weighted by Gasteiger charge is 2.24. The largest absolute Gasteiger partial charge is 0.478 e. The maximum atomic E-state index is 13.3. The van der Waals surface area contributed by atoms with Crippen molar-refractivity contribution < 1.29 is 14.3 Å². The van der Waals surface area contributed by atoms with Crippen molar-refractivity contribution >= 4 is 5.97 Å². The molecule has 5 heteroatoms. The van der Waals surface area contributed by atoms with Crippen molar-refractivity contribution in [3.8, 4) is 16.9 Å². The van der Waals surface area contributed by atoms with Crippen LogP contribution < -0.4 is 0 Å². The van der Waals surface area contributed by atoms with Gasteiger partial charge in [0.1, 0.15) is 17.1 Å². The first-order valence-corrected chi connectivity index (χ1v) is 8.61. The van der Waals surface area contributed by atoms with Crippen LogP contribution in [0.3, 0.4) is 0 Å². The van der Waals surface area contributed by atoms with Gasteiger partial charge in [-0.25, -0.2) is 13.9 Å². The van der Waals surface area contributed by atoms with Crippen molar-refractivity contribution in [3.63, 3.8) is 0 Å². The number of halogens is 1. The van der Waals surface area contributed by atoms with Crippen LogP contribution in [-0.4, -0.2) is 20.9 Å². The molecule has 0 saturated heterocycles. The van der Waals surface area contributed by atoms with Crippen LogP contribution in [0.2, 0.25) is 0 Å². The molecule has 1 N–H and O–H groups in total. The van der Waals surface area contributed by atoms with Gasteiger partial charge in [-0.1, -0.05) is 19.4 Å². The Hall–Kier alpha value is -2.95. The third-order valence-corrected chi connectivity index (χ3v) is 4.53. The van der Waals surface area contributed by atoms with E-state index in [2.05, 4.69) is 5.10 Å². The number of aromatic carboxylic acids is 1. The second-order valence-electron chi connectivity index (χ2n) is 6.41. The molecule has 3 rings (SSSR count). The van der Waals surface area contributed by atoms with Gasteiger partial charge in [-0.15, -0.1) is 0 Å². The lowest BCUT2D eigenvalue weighted by Crippen LogP contribution is -2.07. The Morgan fingerprint density at radius 1 is 1.12 bits per heavy atom. The van der Waals surface area contributed by atoms with Gasteiger partial charge >= 0.3 is 5.97 Å². The van der Waals surface area contributed by atoms with Gasteiger partial charge in [-0.2, -0.15) is 5.10 Å². The molecule has 0 amide bonds. The molecule has 0 saturated carbocycles. The van der Waals surface area contributed by atoms with Crippen LogP contribution in [0.15, 0.2) is 42.5 Å². The Kier molecular flexibility index (Phi) is 4.89. The van der Waals surface area contributed by atoms with Crippen molar-refractivity contribution in [2.45, 2.75) is 33.6 Å². The fraction of sp³-hybridized carbons (Fsp3) is 0.238. The SMILES string of the molecule is CCCc1c(C(=O)O)c(-c2ccc(F)cc2)nn1-c1ccc(C)c(C)c1. The highest BCUT2D eigenvalue weighted by atomic mass is 19.1. The van der Waals surface area contributed by atoms with Gasteiger partial charge < -0.3 is 5.11 Å². The van der Waals surface area contributed by atoms with Gasteiger partial charge in [0.2, 0.25) is 0 Å². The Morgan fingerprint density at radius 2 is 1.81 bits per heavy atom. The Balaban J connectivity index is 2.27. The maximum Gasteiger partial charge on any atom is 0.339 e. The highest BCUT2D eigenvalue weighted by Crippen LogP contribution is 2.29. The Morgan fingerprint density at radius 3 is 2.38 bits per heavy atom. The van der Waals surface area contributed by atoms with Crippen LogP contribution in [0, 0.1) is 19.7 Å². The Bertz CT molecular complexity index is 959. The fourth-order valence-corrected chi connectivity index (χ4v) is 3.03. The van der Waals surface area contributed by atoms with E-state index in [-0.39, 0.29) is 11.4 Å². The molecule has 0 bridgehead atoms. The summed E-state index contributed by atoms with van der Waals surface area (Å²) in [6.07, 6.45) is 1.38. The lowest BCUT2D eigenvalue weighted by atomic mass is 10.0. The maximum absolute atomic E-state index is 13.3. The first-order valence-electron chi connectivity index (χ1n) is 8.61. The quantitative estimate of drug-likeness (QED) is 0.707. The summed E-state index contributed by atoms with van der Waals surface area (Å²) in [5, 5.41) is 14.4. The number of carbonyl (C=O) groups is 1. The number of benzene rings is 2. The summed E-state index contributed by atoms with van der Waals surface area (Å²) in [7, 11) is 0. The lowest BCUT2D eigenvalue weighted by molar-refractivity contribution is 0.0696. The zero-order valence-electron chi connectivity index (χ0n) is 15.1. The van der Waals surface area contributed by atoms with E-state index in [0.717, 1.165) is 23.2 Å². The van der Waals surface area contributed by atoms with Crippen molar-refractivity contribution in [3.05, 3.63) is 70.7 Å². The fourth-order valence-electron chi connectivity index (χ4n) is 3.03. The molecule has 4 nitrogen and oxygen atoms in total. The van der Waals surface area contributed by atoms with Gasteiger partial charge in [0.15, 0.2) is 0 Å². The summed E-state index contributed by atoms with van der Waals surface area (Å²) in [5.74, 6) is -1.39. The van der Waals surface area contributed by atoms with Gasteiger partial charge in [0.25, 0.3) is 0 Å². The van der Waals surface area contributed by atoms with E-state index in [9.17, 15) is 14.3 Å². The molecule has 0 aliphatic heterocycles. The summed E-state index contributed by atoms with van der Waals surface area (Å²) in [5.41, 5.74) is 4.88. The molecule has 3 aromatic rings. The Labute approximate surface area is 151 Å². The van der Waals surface area contributed by atoms with Crippen LogP contribution in [0.1, 0.15) is 40.5 Å². The number of carboxylic acids is 1. The van der Waals surface area contributed by atoms with Crippen LogP contribution in [-0.2, 0) is 6.42 Å². The second-order valence-corrected chi connectivity index (χ2v) is 6.41. The molecule has 0 fully saturated rings. The molecule has 134 valence electrons. The van der Waals surface area contributed by atoms with Crippen molar-refractivity contribution in [1.82, 2.24) is 9.78 Å². The number of hydrogen-bond acceptors (Lipinski definition) is 2. The topological polar surface area (TPSA) is 55.1 Å². The standard InChI is InChI=1S/C21H21FN2O2/c1-4-5-18-19(21(25)26)20(15-7-9-16(22)10-8-15)23-24(18)17-11-6-13(2)14(3)12-17/h6-12H,4-5H2,1-3H3,(H,25,26). The molecule has 0 radical (unpaired) electrons. The number of carboxylic acid groups (broad SMARTS) is 1. The summed E-state index contributed by atoms with van der Waals surface area (Å²) >= 11 is 0. The van der Waals surface area contributed by atoms with E-state index in [1.807, 2.05) is 39.0 Å². The van der Waals surface area contributed by atoms with E-state index < -0.39 is 5.97 Å². The molecule has 0 unspecified atom stereocenters. The van der Waals surface area contributed by atoms with Crippen LogP contribution >= 0.6 is 0 Å². The summed E-state index contributed by atoms with van der Waals surface area (Å²) in [4.78, 5) is 12.0. The molecule has 0 spiro atoms. The molecule has 1 heterocycles. The number of aromatic nitrogens is 2. The molecular weight excluding hydrogens is 331 g/mol. The van der Waals surface area contributed by atoms with Crippen LogP contribution in [0.4, 0.5) is 4.39 Å². The molecule has 26 heavy (non-hydrogen) atoms. The summed E-state index contributed by atoms with van der Waals surface area (Å²) in [6, 6.07) is 11.7. The predicted octanol–water partition coefficient (Wildman–Crippen LogP) is 4.95. The third-order valence-electron chi connectivity index (χ3n) is 4.53. The van der Waals surface area contributed by atoms with E-state index in [1.54, 1.807) is 16.8 Å². The van der Waals surface area contributed by atoms with Gasteiger partial charge in [-0.3, -0.25) is 0 Å². The first kappa shape index (κ1) is 17.9. The molecular formula is C21H21FN2O2. The van der Waals surface area contributed by atoms with Gasteiger partial charge in [-0.05, 0) is 67.8 Å². The lowest BCUT2D eigenvalue weighted by Gasteiger charge is -2.09. The number of aryl methyl sites for hydroxylation is 2. The minimum atomic E-state index is -1.03. The first-order chi connectivity index (χ1) is 12.4. The van der Waals surface area contributed by atoms with E-state index in [4.69, 9.17) is 0 Å². The van der Waals surface area contributed by atoms with Gasteiger partial charge in [0, 0.05) is 5.56 Å². The minimum absolute atomic E-state index is 0.177. The summed E-state index contributed by atoms with van der Waals surface area (Å²) < 4.78 is 15.0. The van der Waals surface area contributed by atoms with Gasteiger partial charge in [0.05, 0.1) is 11.4 Å². The smallest absolute Gasteiger partial charge is 0.339 e. The van der Waals surface area contributed by atoms with E-state index >= 15 is 0 Å². The average molecular weight is 352 g/mol. The predicted molar refractivity (Wildman–Crippen MR) is 99.4 cm³/mol. The zero-order chi connectivity index (χ0) is 18.8. The zero-order valence-corrected chi connectivity index (χ0v) is 15.1. The second kappa shape index (κ2) is 7.12. The van der Waals surface area contributed by atoms with E-state index in [0.29, 0.717) is 23.4 Å². The molecule has 0 aliphatic carbocycles. The number of rotatable bonds is 5. The molecule has 0 atom stereocenters. The van der Waals surface area contributed by atoms with E-state index in [1.165, 1.54) is 12.1 Å². The number of hydrogen-bond donors (Lipinski definition) is 1.